The predicted molar refractivity (Wildman–Crippen MR) is 87.7 cm³/mol. The van der Waals surface area contributed by atoms with Gasteiger partial charge in [-0.1, -0.05) is 22.9 Å². The van der Waals surface area contributed by atoms with Crippen molar-refractivity contribution in [1.82, 2.24) is 4.98 Å². The summed E-state index contributed by atoms with van der Waals surface area (Å²) in [6.07, 6.45) is 4.15. The van der Waals surface area contributed by atoms with E-state index < -0.39 is 0 Å². The lowest BCUT2D eigenvalue weighted by Crippen LogP contribution is -2.31. The van der Waals surface area contributed by atoms with Gasteiger partial charge in [-0.15, -0.1) is 0 Å². The third-order valence-electron chi connectivity index (χ3n) is 3.04. The van der Waals surface area contributed by atoms with Gasteiger partial charge in [0.05, 0.1) is 4.47 Å². The number of rotatable bonds is 5. The molecule has 1 aromatic heterocycles. The van der Waals surface area contributed by atoms with E-state index >= 15 is 0 Å². The number of pyridine rings is 1. The molecule has 0 saturated heterocycles. The summed E-state index contributed by atoms with van der Waals surface area (Å²) in [4.78, 5) is 4.04. The van der Waals surface area contributed by atoms with Crippen LogP contribution in [-0.2, 0) is 0 Å². The van der Waals surface area contributed by atoms with Crippen LogP contribution in [0, 0.1) is 0 Å². The van der Waals surface area contributed by atoms with Crippen LogP contribution in [0.1, 0.15) is 25.0 Å². The molecule has 0 aliphatic heterocycles. The van der Waals surface area contributed by atoms with Gasteiger partial charge >= 0.3 is 0 Å². The molecule has 2 N–H and O–H groups in total. The number of nitrogens with two attached hydrogens (primary N) is 1. The van der Waals surface area contributed by atoms with Gasteiger partial charge in [-0.25, -0.2) is 0 Å². The number of ether oxygens (including phenoxy) is 1. The molecule has 2 atom stereocenters. The summed E-state index contributed by atoms with van der Waals surface area (Å²) in [5.41, 5.74) is 7.24. The number of hydrogen-bond donors (Lipinski definition) is 1. The van der Waals surface area contributed by atoms with E-state index in [2.05, 4.69) is 43.8 Å². The summed E-state index contributed by atoms with van der Waals surface area (Å²) in [6, 6.07) is 9.62. The van der Waals surface area contributed by atoms with Crippen molar-refractivity contribution in [3.8, 4) is 5.75 Å². The smallest absolute Gasteiger partial charge is 0.139 e. The van der Waals surface area contributed by atoms with Gasteiger partial charge in [0.1, 0.15) is 11.9 Å². The van der Waals surface area contributed by atoms with Crippen molar-refractivity contribution >= 4 is 31.9 Å². The maximum absolute atomic E-state index is 6.21. The summed E-state index contributed by atoms with van der Waals surface area (Å²) in [5.74, 6) is 0.777. The molecule has 0 aliphatic rings. The molecule has 20 heavy (non-hydrogen) atoms. The van der Waals surface area contributed by atoms with Crippen molar-refractivity contribution in [1.29, 1.82) is 0 Å². The molecule has 0 bridgehead atoms. The summed E-state index contributed by atoms with van der Waals surface area (Å²) in [7, 11) is 0. The van der Waals surface area contributed by atoms with Crippen LogP contribution >= 0.6 is 31.9 Å². The number of halogens is 2. The molecule has 0 saturated carbocycles. The van der Waals surface area contributed by atoms with Gasteiger partial charge < -0.3 is 10.5 Å². The Morgan fingerprint density at radius 3 is 2.50 bits per heavy atom. The number of hydrogen-bond acceptors (Lipinski definition) is 3. The summed E-state index contributed by atoms with van der Waals surface area (Å²) >= 11 is 6.94. The van der Waals surface area contributed by atoms with Crippen molar-refractivity contribution in [2.45, 2.75) is 25.5 Å². The highest BCUT2D eigenvalue weighted by atomic mass is 79.9. The molecule has 1 aromatic carbocycles. The van der Waals surface area contributed by atoms with Crippen LogP contribution < -0.4 is 10.5 Å². The SMILES string of the molecule is CCC(N)C(Oc1ccc(Br)cc1Br)c1ccncc1. The van der Waals surface area contributed by atoms with E-state index in [1.54, 1.807) is 12.4 Å². The minimum atomic E-state index is -0.194. The molecule has 106 valence electrons. The van der Waals surface area contributed by atoms with Crippen LogP contribution in [0.15, 0.2) is 51.7 Å². The quantitative estimate of drug-likeness (QED) is 0.806. The first-order chi connectivity index (χ1) is 9.61. The highest BCUT2D eigenvalue weighted by Crippen LogP contribution is 2.33. The Bertz CT molecular complexity index is 563. The minimum absolute atomic E-state index is 0.0760. The zero-order valence-electron chi connectivity index (χ0n) is 11.1. The molecule has 0 amide bonds. The fourth-order valence-corrected chi connectivity index (χ4v) is 3.02. The maximum Gasteiger partial charge on any atom is 0.139 e. The first-order valence-corrected chi connectivity index (χ1v) is 7.97. The number of nitrogens with zero attached hydrogens (tertiary/aromatic N) is 1. The van der Waals surface area contributed by atoms with Crippen molar-refractivity contribution in [2.24, 2.45) is 5.73 Å². The lowest BCUT2D eigenvalue weighted by atomic mass is 10.0. The Labute approximate surface area is 135 Å². The van der Waals surface area contributed by atoms with Gasteiger partial charge in [0.2, 0.25) is 0 Å². The molecule has 2 aromatic rings. The van der Waals surface area contributed by atoms with Crippen molar-refractivity contribution in [3.63, 3.8) is 0 Å². The first kappa shape index (κ1) is 15.5. The topological polar surface area (TPSA) is 48.1 Å². The highest BCUT2D eigenvalue weighted by Gasteiger charge is 2.21. The van der Waals surface area contributed by atoms with Crippen LogP contribution in [0.4, 0.5) is 0 Å². The minimum Gasteiger partial charge on any atom is -0.483 e. The second-order valence-electron chi connectivity index (χ2n) is 4.47. The molecule has 2 rings (SSSR count). The Morgan fingerprint density at radius 2 is 1.90 bits per heavy atom. The predicted octanol–water partition coefficient (Wildman–Crippen LogP) is 4.46. The highest BCUT2D eigenvalue weighted by molar-refractivity contribution is 9.11. The second kappa shape index (κ2) is 7.20. The van der Waals surface area contributed by atoms with Gasteiger partial charge in [0.25, 0.3) is 0 Å². The molecule has 0 fully saturated rings. The summed E-state index contributed by atoms with van der Waals surface area (Å²) < 4.78 is 8.01. The Kier molecular flexibility index (Phi) is 5.57. The lowest BCUT2D eigenvalue weighted by Gasteiger charge is -2.25. The molecular weight excluding hydrogens is 384 g/mol. The molecular formula is C15H16Br2N2O. The fraction of sp³-hybridized carbons (Fsp3) is 0.267. The fourth-order valence-electron chi connectivity index (χ4n) is 1.88. The van der Waals surface area contributed by atoms with Crippen LogP contribution in [0.5, 0.6) is 5.75 Å². The van der Waals surface area contributed by atoms with Crippen LogP contribution in [0.3, 0.4) is 0 Å². The Hall–Kier alpha value is -0.910. The van der Waals surface area contributed by atoms with Gasteiger partial charge in [-0.2, -0.15) is 0 Å². The lowest BCUT2D eigenvalue weighted by molar-refractivity contribution is 0.170. The van der Waals surface area contributed by atoms with Crippen LogP contribution in [-0.4, -0.2) is 11.0 Å². The zero-order valence-corrected chi connectivity index (χ0v) is 14.3. The van der Waals surface area contributed by atoms with E-state index in [4.69, 9.17) is 10.5 Å². The summed E-state index contributed by atoms with van der Waals surface area (Å²) in [5, 5.41) is 0. The molecule has 2 unspecified atom stereocenters. The number of benzene rings is 1. The molecule has 1 heterocycles. The van der Waals surface area contributed by atoms with E-state index in [1.165, 1.54) is 0 Å². The van der Waals surface area contributed by atoms with Crippen molar-refractivity contribution in [2.75, 3.05) is 0 Å². The Morgan fingerprint density at radius 1 is 1.20 bits per heavy atom. The van der Waals surface area contributed by atoms with Crippen LogP contribution in [0.2, 0.25) is 0 Å². The third kappa shape index (κ3) is 3.81. The van der Waals surface area contributed by atoms with Gasteiger partial charge in [0.15, 0.2) is 0 Å². The van der Waals surface area contributed by atoms with Crippen molar-refractivity contribution in [3.05, 3.63) is 57.2 Å². The number of aromatic nitrogens is 1. The van der Waals surface area contributed by atoms with E-state index in [1.807, 2.05) is 30.3 Å². The maximum atomic E-state index is 6.21. The van der Waals surface area contributed by atoms with Crippen molar-refractivity contribution < 1.29 is 4.74 Å². The summed E-state index contributed by atoms with van der Waals surface area (Å²) in [6.45, 7) is 2.05. The van der Waals surface area contributed by atoms with E-state index in [0.717, 1.165) is 26.7 Å². The van der Waals surface area contributed by atoms with E-state index in [9.17, 15) is 0 Å². The van der Waals surface area contributed by atoms with Gasteiger partial charge in [-0.05, 0) is 58.2 Å². The van der Waals surface area contributed by atoms with E-state index in [0.29, 0.717) is 0 Å². The normalized spacial score (nSPS) is 13.8. The molecule has 0 aliphatic carbocycles. The standard InChI is InChI=1S/C15H16Br2N2O/c1-2-13(18)15(10-5-7-19-8-6-10)20-14-4-3-11(16)9-12(14)17/h3-9,13,15H,2,18H2,1H3. The molecule has 0 spiro atoms. The third-order valence-corrected chi connectivity index (χ3v) is 4.16. The van der Waals surface area contributed by atoms with E-state index in [-0.39, 0.29) is 12.1 Å². The zero-order chi connectivity index (χ0) is 14.5. The molecule has 5 heteroatoms. The largest absolute Gasteiger partial charge is 0.483 e. The monoisotopic (exact) mass is 398 g/mol. The van der Waals surface area contributed by atoms with Gasteiger partial charge in [-0.3, -0.25) is 4.98 Å². The molecule has 3 nitrogen and oxygen atoms in total. The first-order valence-electron chi connectivity index (χ1n) is 6.39. The average Bonchev–Trinajstić information content (AvgIpc) is 2.46. The Balaban J connectivity index is 2.29. The van der Waals surface area contributed by atoms with Gasteiger partial charge in [0, 0.05) is 22.9 Å². The average molecular weight is 400 g/mol. The van der Waals surface area contributed by atoms with Crippen LogP contribution in [0.25, 0.3) is 0 Å². The second-order valence-corrected chi connectivity index (χ2v) is 6.24. The molecule has 0 radical (unpaired) electrons.